The van der Waals surface area contributed by atoms with E-state index in [-0.39, 0.29) is 12.2 Å². The van der Waals surface area contributed by atoms with E-state index in [1.54, 1.807) is 18.2 Å². The highest BCUT2D eigenvalue weighted by Gasteiger charge is 2.30. The second-order valence-electron chi connectivity index (χ2n) is 4.56. The smallest absolute Gasteiger partial charge is 0.331 e. The van der Waals surface area contributed by atoms with Crippen LogP contribution in [0.1, 0.15) is 25.5 Å². The molecule has 0 aromatic carbocycles. The summed E-state index contributed by atoms with van der Waals surface area (Å²) in [6.07, 6.45) is 6.29. The molecule has 1 aliphatic rings. The van der Waals surface area contributed by atoms with E-state index in [1.165, 1.54) is 18.4 Å². The number of carbonyl (C=O) groups is 2. The second-order valence-corrected chi connectivity index (χ2v) is 4.56. The largest absolute Gasteiger partial charge is 0.465 e. The topological polar surface area (TPSA) is 56.5 Å². The fourth-order valence-electron chi connectivity index (χ4n) is 2.12. The number of hydrogen-bond acceptors (Lipinski definition) is 4. The highest BCUT2D eigenvalue weighted by Crippen LogP contribution is 2.28. The lowest BCUT2D eigenvalue weighted by molar-refractivity contribution is -0.141. The molecule has 1 heterocycles. The van der Waals surface area contributed by atoms with E-state index in [0.29, 0.717) is 17.8 Å². The molecule has 0 aliphatic heterocycles. The normalized spacial score (nSPS) is 18.9. The number of carbonyl (C=O) groups excluding carboxylic acids is 2. The zero-order valence-electron chi connectivity index (χ0n) is 11.3. The predicted molar refractivity (Wildman–Crippen MR) is 74.8 cm³/mol. The summed E-state index contributed by atoms with van der Waals surface area (Å²) in [6.45, 7) is 5.44. The fourth-order valence-corrected chi connectivity index (χ4v) is 2.12. The van der Waals surface area contributed by atoms with Gasteiger partial charge in [0.05, 0.1) is 12.7 Å². The van der Waals surface area contributed by atoms with Crippen LogP contribution in [-0.4, -0.2) is 17.9 Å². The molecule has 0 fully saturated rings. The molecular formula is C16H16O4. The van der Waals surface area contributed by atoms with Crippen LogP contribution in [0.4, 0.5) is 0 Å². The Morgan fingerprint density at radius 1 is 1.60 bits per heavy atom. The van der Waals surface area contributed by atoms with Crippen LogP contribution in [0, 0.1) is 0 Å². The molecule has 4 nitrogen and oxygen atoms in total. The maximum atomic E-state index is 11.8. The van der Waals surface area contributed by atoms with Crippen molar-refractivity contribution in [3.05, 3.63) is 54.0 Å². The van der Waals surface area contributed by atoms with E-state index in [9.17, 15) is 9.59 Å². The summed E-state index contributed by atoms with van der Waals surface area (Å²) in [4.78, 5) is 23.5. The van der Waals surface area contributed by atoms with Crippen molar-refractivity contribution in [3.8, 4) is 0 Å². The first kappa shape index (κ1) is 14.1. The lowest BCUT2D eigenvalue weighted by Gasteiger charge is -2.11. The van der Waals surface area contributed by atoms with Crippen molar-refractivity contribution in [2.75, 3.05) is 0 Å². The number of Topliss-reactive ketones (excluding diaryl/α,β-unsaturated/α-hetero) is 1. The van der Waals surface area contributed by atoms with Crippen LogP contribution >= 0.6 is 0 Å². The van der Waals surface area contributed by atoms with E-state index in [0.717, 1.165) is 5.57 Å². The Balaban J connectivity index is 1.98. The summed E-state index contributed by atoms with van der Waals surface area (Å²) in [6, 6.07) is 3.46. The lowest BCUT2D eigenvalue weighted by Crippen LogP contribution is -2.16. The van der Waals surface area contributed by atoms with Gasteiger partial charge in [-0.05, 0) is 37.1 Å². The molecule has 4 heteroatoms. The summed E-state index contributed by atoms with van der Waals surface area (Å²) < 4.78 is 10.4. The Morgan fingerprint density at radius 2 is 2.40 bits per heavy atom. The molecule has 1 aromatic heterocycles. The molecule has 1 aromatic rings. The SMILES string of the molecule is C=CCC1=C(C)[C@@H](OC(=O)/C=C\c2ccco2)CC1=O. The van der Waals surface area contributed by atoms with Crippen molar-refractivity contribution in [2.45, 2.75) is 25.9 Å². The van der Waals surface area contributed by atoms with Gasteiger partial charge in [0.15, 0.2) is 5.78 Å². The molecule has 0 bridgehead atoms. The number of esters is 1. The Morgan fingerprint density at radius 3 is 3.05 bits per heavy atom. The van der Waals surface area contributed by atoms with Gasteiger partial charge < -0.3 is 9.15 Å². The summed E-state index contributed by atoms with van der Waals surface area (Å²) in [5.74, 6) is 0.109. The minimum absolute atomic E-state index is 0.0233. The first-order chi connectivity index (χ1) is 9.61. The van der Waals surface area contributed by atoms with Crippen LogP contribution in [0.3, 0.4) is 0 Å². The Hall–Kier alpha value is -2.36. The number of hydrogen-bond donors (Lipinski definition) is 0. The van der Waals surface area contributed by atoms with E-state index in [1.807, 2.05) is 6.92 Å². The summed E-state index contributed by atoms with van der Waals surface area (Å²) in [5, 5.41) is 0. The Kier molecular flexibility index (Phi) is 4.35. The van der Waals surface area contributed by atoms with E-state index >= 15 is 0 Å². The third-order valence-electron chi connectivity index (χ3n) is 3.20. The number of rotatable bonds is 5. The summed E-state index contributed by atoms with van der Waals surface area (Å²) in [7, 11) is 0. The van der Waals surface area contributed by atoms with Gasteiger partial charge in [0, 0.05) is 11.6 Å². The summed E-state index contributed by atoms with van der Waals surface area (Å²) >= 11 is 0. The van der Waals surface area contributed by atoms with E-state index in [2.05, 4.69) is 6.58 Å². The minimum atomic E-state index is -0.488. The van der Waals surface area contributed by atoms with Gasteiger partial charge in [-0.15, -0.1) is 6.58 Å². The Labute approximate surface area is 117 Å². The standard InChI is InChI=1S/C16H16O4/c1-3-5-13-11(2)15(10-14(13)17)20-16(18)8-7-12-6-4-9-19-12/h3-4,6-9,15H,1,5,10H2,2H3/b8-7-/t15-/m0/s1. The van der Waals surface area contributed by atoms with Gasteiger partial charge in [-0.1, -0.05) is 6.08 Å². The predicted octanol–water partition coefficient (Wildman–Crippen LogP) is 3.07. The van der Waals surface area contributed by atoms with Crippen molar-refractivity contribution in [1.82, 2.24) is 0 Å². The second kappa shape index (κ2) is 6.19. The summed E-state index contributed by atoms with van der Waals surface area (Å²) in [5.41, 5.74) is 1.52. The molecule has 0 amide bonds. The monoisotopic (exact) mass is 272 g/mol. The maximum absolute atomic E-state index is 11.8. The van der Waals surface area contributed by atoms with E-state index < -0.39 is 12.1 Å². The van der Waals surface area contributed by atoms with Crippen LogP contribution in [-0.2, 0) is 14.3 Å². The first-order valence-electron chi connectivity index (χ1n) is 6.37. The van der Waals surface area contributed by atoms with Gasteiger partial charge in [0.1, 0.15) is 11.9 Å². The van der Waals surface area contributed by atoms with Gasteiger partial charge in [-0.3, -0.25) is 4.79 Å². The van der Waals surface area contributed by atoms with Crippen LogP contribution in [0.5, 0.6) is 0 Å². The zero-order chi connectivity index (χ0) is 14.5. The minimum Gasteiger partial charge on any atom is -0.465 e. The van der Waals surface area contributed by atoms with Gasteiger partial charge in [0.2, 0.25) is 0 Å². The van der Waals surface area contributed by atoms with E-state index in [4.69, 9.17) is 9.15 Å². The molecule has 0 saturated carbocycles. The van der Waals surface area contributed by atoms with Crippen molar-refractivity contribution < 1.29 is 18.7 Å². The van der Waals surface area contributed by atoms with Crippen molar-refractivity contribution in [2.24, 2.45) is 0 Å². The van der Waals surface area contributed by atoms with Gasteiger partial charge >= 0.3 is 5.97 Å². The molecule has 0 radical (unpaired) electrons. The fraction of sp³-hybridized carbons (Fsp3) is 0.250. The van der Waals surface area contributed by atoms with Crippen LogP contribution < -0.4 is 0 Å². The van der Waals surface area contributed by atoms with Gasteiger partial charge in [-0.25, -0.2) is 4.79 Å². The quantitative estimate of drug-likeness (QED) is 0.469. The number of furan rings is 1. The lowest BCUT2D eigenvalue weighted by atomic mass is 10.1. The molecule has 20 heavy (non-hydrogen) atoms. The molecule has 1 atom stereocenters. The van der Waals surface area contributed by atoms with Crippen LogP contribution in [0.25, 0.3) is 6.08 Å². The number of ketones is 1. The molecule has 0 unspecified atom stereocenters. The average molecular weight is 272 g/mol. The molecule has 2 rings (SSSR count). The number of allylic oxidation sites excluding steroid dienone is 2. The van der Waals surface area contributed by atoms with Gasteiger partial charge in [0.25, 0.3) is 0 Å². The average Bonchev–Trinajstić information content (AvgIpc) is 3.01. The van der Waals surface area contributed by atoms with Crippen LogP contribution in [0.15, 0.2) is 52.7 Å². The highest BCUT2D eigenvalue weighted by molar-refractivity contribution is 6.00. The van der Waals surface area contributed by atoms with Crippen molar-refractivity contribution >= 4 is 17.8 Å². The first-order valence-corrected chi connectivity index (χ1v) is 6.37. The molecule has 1 aliphatic carbocycles. The van der Waals surface area contributed by atoms with Gasteiger partial charge in [-0.2, -0.15) is 0 Å². The van der Waals surface area contributed by atoms with Crippen LogP contribution in [0.2, 0.25) is 0 Å². The zero-order valence-corrected chi connectivity index (χ0v) is 11.3. The third kappa shape index (κ3) is 3.15. The molecule has 104 valence electrons. The van der Waals surface area contributed by atoms with Crippen molar-refractivity contribution in [3.63, 3.8) is 0 Å². The number of ether oxygens (including phenoxy) is 1. The molecule has 0 spiro atoms. The third-order valence-corrected chi connectivity index (χ3v) is 3.20. The van der Waals surface area contributed by atoms with Crippen molar-refractivity contribution in [1.29, 1.82) is 0 Å². The molecular weight excluding hydrogens is 256 g/mol. The Bertz CT molecular complexity index is 576. The molecule has 0 saturated heterocycles. The highest BCUT2D eigenvalue weighted by atomic mass is 16.5. The molecule has 0 N–H and O–H groups in total. The maximum Gasteiger partial charge on any atom is 0.331 e.